The fourth-order valence-corrected chi connectivity index (χ4v) is 2.42. The van der Waals surface area contributed by atoms with E-state index in [9.17, 15) is 4.79 Å². The van der Waals surface area contributed by atoms with Crippen LogP contribution in [0.5, 0.6) is 0 Å². The zero-order valence-corrected chi connectivity index (χ0v) is 11.9. The van der Waals surface area contributed by atoms with Gasteiger partial charge in [0.1, 0.15) is 0 Å². The summed E-state index contributed by atoms with van der Waals surface area (Å²) in [6.07, 6.45) is 3.22. The lowest BCUT2D eigenvalue weighted by Gasteiger charge is -2.36. The van der Waals surface area contributed by atoms with E-state index in [0.29, 0.717) is 30.6 Å². The van der Waals surface area contributed by atoms with Crippen LogP contribution in [0, 0.1) is 6.92 Å². The van der Waals surface area contributed by atoms with Gasteiger partial charge in [0, 0.05) is 32.0 Å². The molecule has 1 unspecified atom stereocenters. The number of carbonyl (C=O) groups is 1. The summed E-state index contributed by atoms with van der Waals surface area (Å²) in [6.45, 7) is 3.47. The average molecular weight is 266 g/mol. The van der Waals surface area contributed by atoms with Gasteiger partial charge in [0.15, 0.2) is 5.82 Å². The largest absolute Gasteiger partial charge is 0.341 e. The maximum atomic E-state index is 12.2. The molecule has 0 aromatic carbocycles. The highest BCUT2D eigenvalue weighted by Gasteiger charge is 2.24. The van der Waals surface area contributed by atoms with Crippen LogP contribution in [0.2, 0.25) is 0 Å². The Hall–Kier alpha value is -1.43. The number of hydrogen-bond donors (Lipinski definition) is 0. The molecule has 1 saturated heterocycles. The second-order valence-corrected chi connectivity index (χ2v) is 5.33. The molecule has 2 heterocycles. The van der Waals surface area contributed by atoms with Crippen LogP contribution < -0.4 is 0 Å². The number of likely N-dealkylation sites (N-methyl/N-ethyl adjacent to an activating group) is 1. The Bertz CT molecular complexity index is 430. The first-order valence-corrected chi connectivity index (χ1v) is 6.79. The van der Waals surface area contributed by atoms with E-state index >= 15 is 0 Å². The second kappa shape index (κ2) is 6.14. The molecule has 1 aromatic heterocycles. The van der Waals surface area contributed by atoms with Gasteiger partial charge < -0.3 is 14.3 Å². The summed E-state index contributed by atoms with van der Waals surface area (Å²) >= 11 is 0. The Kier molecular flexibility index (Phi) is 4.52. The van der Waals surface area contributed by atoms with Gasteiger partial charge in [0.2, 0.25) is 11.8 Å². The number of hydrogen-bond acceptors (Lipinski definition) is 5. The Balaban J connectivity index is 1.82. The van der Waals surface area contributed by atoms with E-state index < -0.39 is 0 Å². The van der Waals surface area contributed by atoms with Gasteiger partial charge >= 0.3 is 0 Å². The van der Waals surface area contributed by atoms with Crippen molar-refractivity contribution < 1.29 is 9.32 Å². The fourth-order valence-electron chi connectivity index (χ4n) is 2.42. The summed E-state index contributed by atoms with van der Waals surface area (Å²) in [6, 6.07) is 0.475. The van der Waals surface area contributed by atoms with Crippen molar-refractivity contribution >= 4 is 5.91 Å². The van der Waals surface area contributed by atoms with E-state index in [1.54, 1.807) is 6.92 Å². The molecule has 0 aliphatic carbocycles. The summed E-state index contributed by atoms with van der Waals surface area (Å²) in [5.74, 6) is 1.35. The number of aromatic nitrogens is 2. The number of piperidine rings is 1. The van der Waals surface area contributed by atoms with E-state index in [4.69, 9.17) is 4.52 Å². The molecule has 0 bridgehead atoms. The Labute approximate surface area is 113 Å². The maximum Gasteiger partial charge on any atom is 0.227 e. The fraction of sp³-hybridized carbons (Fsp3) is 0.769. The Morgan fingerprint density at radius 2 is 2.32 bits per heavy atom. The first-order valence-electron chi connectivity index (χ1n) is 6.79. The van der Waals surface area contributed by atoms with Crippen LogP contribution in [0.4, 0.5) is 0 Å². The van der Waals surface area contributed by atoms with Gasteiger partial charge in [0.25, 0.3) is 0 Å². The Morgan fingerprint density at radius 3 is 2.95 bits per heavy atom. The SMILES string of the molecule is Cc1noc(CCC(=O)N2CCCC(N(C)C)C2)n1. The minimum atomic E-state index is 0.183. The van der Waals surface area contributed by atoms with Crippen LogP contribution in [0.25, 0.3) is 0 Å². The van der Waals surface area contributed by atoms with E-state index in [1.807, 2.05) is 4.90 Å². The zero-order valence-electron chi connectivity index (χ0n) is 11.9. The number of aryl methyl sites for hydroxylation is 2. The van der Waals surface area contributed by atoms with E-state index in [-0.39, 0.29) is 5.91 Å². The van der Waals surface area contributed by atoms with Crippen molar-refractivity contribution in [2.24, 2.45) is 0 Å². The molecule has 1 amide bonds. The van der Waals surface area contributed by atoms with Gasteiger partial charge in [-0.1, -0.05) is 5.16 Å². The number of nitrogens with zero attached hydrogens (tertiary/aromatic N) is 4. The van der Waals surface area contributed by atoms with Crippen molar-refractivity contribution in [3.8, 4) is 0 Å². The highest BCUT2D eigenvalue weighted by atomic mass is 16.5. The van der Waals surface area contributed by atoms with Crippen LogP contribution in [0.3, 0.4) is 0 Å². The molecule has 1 aliphatic rings. The van der Waals surface area contributed by atoms with Crippen LogP contribution in [0.1, 0.15) is 31.0 Å². The van der Waals surface area contributed by atoms with Crippen LogP contribution in [0.15, 0.2) is 4.52 Å². The zero-order chi connectivity index (χ0) is 13.8. The van der Waals surface area contributed by atoms with Crippen LogP contribution >= 0.6 is 0 Å². The standard InChI is InChI=1S/C13H22N4O2/c1-10-14-12(19-15-10)6-7-13(18)17-8-4-5-11(9-17)16(2)3/h11H,4-9H2,1-3H3. The van der Waals surface area contributed by atoms with E-state index in [1.165, 1.54) is 6.42 Å². The third-order valence-corrected chi connectivity index (χ3v) is 3.60. The molecule has 0 spiro atoms. The average Bonchev–Trinajstić information content (AvgIpc) is 2.82. The van der Waals surface area contributed by atoms with Crippen molar-refractivity contribution in [3.63, 3.8) is 0 Å². The molecular formula is C13H22N4O2. The first kappa shape index (κ1) is 14.0. The molecule has 0 N–H and O–H groups in total. The number of rotatable bonds is 4. The minimum Gasteiger partial charge on any atom is -0.341 e. The summed E-state index contributed by atoms with van der Waals surface area (Å²) in [7, 11) is 4.14. The summed E-state index contributed by atoms with van der Waals surface area (Å²) in [5.41, 5.74) is 0. The molecule has 19 heavy (non-hydrogen) atoms. The third-order valence-electron chi connectivity index (χ3n) is 3.60. The van der Waals surface area contributed by atoms with Gasteiger partial charge in [-0.25, -0.2) is 0 Å². The second-order valence-electron chi connectivity index (χ2n) is 5.33. The molecule has 0 saturated carbocycles. The van der Waals surface area contributed by atoms with Gasteiger partial charge in [-0.15, -0.1) is 0 Å². The highest BCUT2D eigenvalue weighted by Crippen LogP contribution is 2.15. The molecule has 6 heteroatoms. The van der Waals surface area contributed by atoms with Crippen molar-refractivity contribution in [1.29, 1.82) is 0 Å². The Morgan fingerprint density at radius 1 is 1.53 bits per heavy atom. The predicted molar refractivity (Wildman–Crippen MR) is 70.6 cm³/mol. The molecule has 6 nitrogen and oxygen atoms in total. The molecular weight excluding hydrogens is 244 g/mol. The topological polar surface area (TPSA) is 62.5 Å². The lowest BCUT2D eigenvalue weighted by atomic mass is 10.0. The predicted octanol–water partition coefficient (Wildman–Crippen LogP) is 0.863. The molecule has 106 valence electrons. The number of likely N-dealkylation sites (tertiary alicyclic amines) is 1. The summed E-state index contributed by atoms with van der Waals surface area (Å²) < 4.78 is 5.02. The van der Waals surface area contributed by atoms with Crippen molar-refractivity contribution in [1.82, 2.24) is 19.9 Å². The summed E-state index contributed by atoms with van der Waals surface area (Å²) in [5, 5.41) is 3.72. The molecule has 0 radical (unpaired) electrons. The molecule has 1 aliphatic heterocycles. The van der Waals surface area contributed by atoms with Crippen molar-refractivity contribution in [3.05, 3.63) is 11.7 Å². The molecule has 1 atom stereocenters. The van der Waals surface area contributed by atoms with Crippen molar-refractivity contribution in [2.45, 2.75) is 38.6 Å². The monoisotopic (exact) mass is 266 g/mol. The molecule has 1 aromatic rings. The lowest BCUT2D eigenvalue weighted by molar-refractivity contribution is -0.133. The molecule has 2 rings (SSSR count). The maximum absolute atomic E-state index is 12.2. The van der Waals surface area contributed by atoms with E-state index in [0.717, 1.165) is 19.5 Å². The van der Waals surface area contributed by atoms with Crippen LogP contribution in [-0.4, -0.2) is 59.1 Å². The molecule has 1 fully saturated rings. The number of carbonyl (C=O) groups excluding carboxylic acids is 1. The quantitative estimate of drug-likeness (QED) is 0.809. The van der Waals surface area contributed by atoms with Gasteiger partial charge in [-0.3, -0.25) is 4.79 Å². The van der Waals surface area contributed by atoms with Crippen LogP contribution in [-0.2, 0) is 11.2 Å². The van der Waals surface area contributed by atoms with Gasteiger partial charge in [-0.05, 0) is 33.9 Å². The normalized spacial score (nSPS) is 20.0. The van der Waals surface area contributed by atoms with E-state index in [2.05, 4.69) is 29.1 Å². The third kappa shape index (κ3) is 3.76. The van der Waals surface area contributed by atoms with Gasteiger partial charge in [0.05, 0.1) is 0 Å². The first-order chi connectivity index (χ1) is 9.06. The lowest BCUT2D eigenvalue weighted by Crippen LogP contribution is -2.47. The highest BCUT2D eigenvalue weighted by molar-refractivity contribution is 5.76. The number of amides is 1. The van der Waals surface area contributed by atoms with Crippen molar-refractivity contribution in [2.75, 3.05) is 27.2 Å². The summed E-state index contributed by atoms with van der Waals surface area (Å²) in [4.78, 5) is 20.4. The minimum absolute atomic E-state index is 0.183. The van der Waals surface area contributed by atoms with Gasteiger partial charge in [-0.2, -0.15) is 4.98 Å². The smallest absolute Gasteiger partial charge is 0.227 e.